The number of halogens is 2. The first-order valence-electron chi connectivity index (χ1n) is 20.9. The molecule has 76 heavy (non-hydrogen) atoms. The van der Waals surface area contributed by atoms with E-state index in [1.54, 1.807) is 26.0 Å². The molecule has 0 radical (unpaired) electrons. The molecule has 0 saturated heterocycles. The number of sulfone groups is 1. The van der Waals surface area contributed by atoms with Crippen molar-refractivity contribution in [2.45, 2.75) is 28.5 Å². The molecule has 1 atom stereocenters. The molecule has 6 aromatic carbocycles. The van der Waals surface area contributed by atoms with Crippen molar-refractivity contribution >= 4 is 154 Å². The molecule has 7 rings (SSSR count). The first-order chi connectivity index (χ1) is 35.6. The van der Waals surface area contributed by atoms with E-state index in [9.17, 15) is 62.0 Å². The van der Waals surface area contributed by atoms with Crippen molar-refractivity contribution in [1.82, 2.24) is 15.0 Å². The quantitative estimate of drug-likeness (QED) is 0.0203. The van der Waals surface area contributed by atoms with Crippen molar-refractivity contribution in [3.8, 4) is 11.5 Å². The Morgan fingerprint density at radius 3 is 2.03 bits per heavy atom. The lowest BCUT2D eigenvalue weighted by atomic mass is 10.0. The van der Waals surface area contributed by atoms with Crippen LogP contribution in [0.15, 0.2) is 120 Å². The van der Waals surface area contributed by atoms with E-state index in [-0.39, 0.29) is 74.3 Å². The molecule has 27 nitrogen and oxygen atoms in total. The third-order valence-corrected chi connectivity index (χ3v) is 15.1. The van der Waals surface area contributed by atoms with E-state index in [0.29, 0.717) is 22.2 Å². The molecule has 34 heteroatoms. The molecule has 0 aliphatic heterocycles. The van der Waals surface area contributed by atoms with Crippen LogP contribution >= 0.6 is 23.2 Å². The molecule has 8 N–H and O–H groups in total. The van der Waals surface area contributed by atoms with Crippen molar-refractivity contribution < 1.29 is 74.9 Å². The number of aryl methyl sites for hydroxylation is 2. The van der Waals surface area contributed by atoms with Gasteiger partial charge in [-0.25, -0.2) is 16.8 Å². The number of alkyl halides is 1. The van der Waals surface area contributed by atoms with Gasteiger partial charge in [-0.05, 0) is 126 Å². The maximum atomic E-state index is 12.6. The molecule has 0 fully saturated rings. The van der Waals surface area contributed by atoms with Gasteiger partial charge in [0.15, 0.2) is 28.5 Å². The van der Waals surface area contributed by atoms with Crippen LogP contribution < -0.4 is 16.0 Å². The highest BCUT2D eigenvalue weighted by Gasteiger charge is 2.25. The fourth-order valence-electron chi connectivity index (χ4n) is 6.94. The first kappa shape index (κ1) is 56.8. The first-order valence-corrected chi connectivity index (χ1v) is 28.9. The van der Waals surface area contributed by atoms with Gasteiger partial charge in [-0.2, -0.15) is 45.3 Å². The number of benzene rings is 6. The van der Waals surface area contributed by atoms with Crippen LogP contribution in [0.25, 0.3) is 21.5 Å². The molecule has 7 aromatic rings. The predicted molar refractivity (Wildman–Crippen MR) is 276 cm³/mol. The van der Waals surface area contributed by atoms with Gasteiger partial charge in [0.25, 0.3) is 20.2 Å². The van der Waals surface area contributed by atoms with Crippen LogP contribution in [0.1, 0.15) is 11.1 Å². The zero-order chi connectivity index (χ0) is 55.5. The number of phenols is 2. The van der Waals surface area contributed by atoms with Crippen molar-refractivity contribution in [3.63, 3.8) is 0 Å². The number of fused-ring (bicyclic) bond motifs is 2. The van der Waals surface area contributed by atoms with Gasteiger partial charge < -0.3 is 26.2 Å². The highest BCUT2D eigenvalue weighted by molar-refractivity contribution is 7.92. The maximum Gasteiger partial charge on any atom is 0.398 e. The average Bonchev–Trinajstić information content (AvgIpc) is 3.31. The Balaban J connectivity index is 1.15. The molecule has 1 heterocycles. The highest BCUT2D eigenvalue weighted by atomic mass is 35.5. The van der Waals surface area contributed by atoms with Crippen molar-refractivity contribution in [2.24, 2.45) is 20.5 Å². The second-order valence-electron chi connectivity index (χ2n) is 15.6. The van der Waals surface area contributed by atoms with Gasteiger partial charge >= 0.3 is 10.4 Å². The van der Waals surface area contributed by atoms with Crippen molar-refractivity contribution in [3.05, 3.63) is 101 Å². The van der Waals surface area contributed by atoms with Gasteiger partial charge in [0.2, 0.25) is 32.9 Å². The minimum Gasteiger partial charge on any atom is -0.505 e. The zero-order valence-corrected chi connectivity index (χ0v) is 44.1. The Labute approximate surface area is 443 Å². The summed E-state index contributed by atoms with van der Waals surface area (Å²) in [5, 5.41) is 47.5. The largest absolute Gasteiger partial charge is 0.505 e. The Morgan fingerprint density at radius 2 is 1.37 bits per heavy atom. The van der Waals surface area contributed by atoms with Crippen LogP contribution in [0.2, 0.25) is 5.28 Å². The molecule has 1 unspecified atom stereocenters. The third kappa shape index (κ3) is 14.1. The van der Waals surface area contributed by atoms with Crippen LogP contribution in [-0.4, -0.2) is 107 Å². The number of amides is 1. The Hall–Kier alpha value is -6.95. The summed E-state index contributed by atoms with van der Waals surface area (Å²) in [5.74, 6) is -4.23. The van der Waals surface area contributed by atoms with Gasteiger partial charge in [0, 0.05) is 28.0 Å². The molecule has 0 aliphatic rings. The number of carbonyl (C=O) groups is 1. The van der Waals surface area contributed by atoms with E-state index < -0.39 is 101 Å². The molecule has 0 spiro atoms. The number of carbonyl (C=O) groups excluding carboxylic acids is 1. The van der Waals surface area contributed by atoms with E-state index in [4.69, 9.17) is 31.9 Å². The summed E-state index contributed by atoms with van der Waals surface area (Å²) in [6, 6.07) is 17.6. The maximum absolute atomic E-state index is 12.6. The number of nitrogens with one attached hydrogen (secondary N) is 3. The SMILES string of the molecule is Cc1cc(Nc2nc(Cl)nc(Nc3ccc4c(O)c(N=Nc5cc(NC(=O)CS(=O)OCCCl)ccc5S(=O)(=O)O)c(C)cc4c3)n2)c2c(O)c(N=Nc3ccc(S(=O)(=O)COS(=O)(=O)O)cc3)c(S(=O)(=O)O)cc2c1. The Kier molecular flexibility index (Phi) is 17.0. The van der Waals surface area contributed by atoms with Crippen LogP contribution in [0.5, 0.6) is 11.5 Å². The van der Waals surface area contributed by atoms with Gasteiger partial charge in [-0.15, -0.1) is 26.9 Å². The van der Waals surface area contributed by atoms with E-state index in [1.165, 1.54) is 24.3 Å². The molecule has 0 aliphatic carbocycles. The number of hydrogen-bond acceptors (Lipinski definition) is 23. The molecule has 1 aromatic heterocycles. The Bertz CT molecular complexity index is 4050. The topological polar surface area (TPSA) is 415 Å². The number of hydrogen-bond donors (Lipinski definition) is 8. The van der Waals surface area contributed by atoms with Crippen LogP contribution in [0.3, 0.4) is 0 Å². The molecular formula is C42H36Cl2N10O17S5. The van der Waals surface area contributed by atoms with Crippen LogP contribution in [0, 0.1) is 13.8 Å². The molecule has 0 saturated carbocycles. The number of nitrogens with zero attached hydrogens (tertiary/aromatic N) is 7. The number of anilines is 5. The number of aromatic nitrogens is 3. The van der Waals surface area contributed by atoms with Gasteiger partial charge in [0.05, 0.1) is 22.9 Å². The third-order valence-electron chi connectivity index (χ3n) is 10.1. The van der Waals surface area contributed by atoms with Crippen LogP contribution in [-0.2, 0) is 64.7 Å². The highest BCUT2D eigenvalue weighted by Crippen LogP contribution is 2.46. The predicted octanol–water partition coefficient (Wildman–Crippen LogP) is 8.08. The average molecular weight is 1180 g/mol. The van der Waals surface area contributed by atoms with Gasteiger partial charge in [-0.3, -0.25) is 22.6 Å². The van der Waals surface area contributed by atoms with E-state index in [2.05, 4.69) is 55.5 Å². The number of aromatic hydroxyl groups is 2. The smallest absolute Gasteiger partial charge is 0.398 e. The van der Waals surface area contributed by atoms with Gasteiger partial charge in [-0.1, -0.05) is 6.07 Å². The summed E-state index contributed by atoms with van der Waals surface area (Å²) in [7, 11) is -19.4. The standard InChI is InChI=1S/C42H36Cl2N10O17S5/c1-21-13-24-17-33(75(64,65)66)37(54-51-25-3-7-28(8-4-25)73(59,60)20-71-76(67,68)69)39(57)35(24)31(14-21)47-42-49-40(44)48-41(50-42)46-26-5-9-29-23(16-26)15-22(2)36(38(29)56)53-52-30-18-27(6-10-32(30)74(61,62)63)45-34(55)19-72(58)70-12-11-43/h3-10,13-18,56-57H,11-12,19-20H2,1-2H3,(H,45,55)(H,61,62,63)(H,64,65,66)(H,67,68,69)(H2,46,47,48,49,50). The lowest BCUT2D eigenvalue weighted by molar-refractivity contribution is -0.113. The molecule has 1 amide bonds. The summed E-state index contributed by atoms with van der Waals surface area (Å²) < 4.78 is 146. The molecular weight excluding hydrogens is 1150 g/mol. The summed E-state index contributed by atoms with van der Waals surface area (Å²) in [4.78, 5) is 23.1. The fourth-order valence-corrected chi connectivity index (χ4v) is 10.9. The number of phenolic OH excluding ortho intramolecular Hbond substituents is 2. The van der Waals surface area contributed by atoms with E-state index >= 15 is 0 Å². The second-order valence-corrected chi connectivity index (χ2v) is 23.3. The lowest BCUT2D eigenvalue weighted by Crippen LogP contribution is -2.21. The monoisotopic (exact) mass is 1180 g/mol. The van der Waals surface area contributed by atoms with Gasteiger partial charge in [0.1, 0.15) is 32.6 Å². The summed E-state index contributed by atoms with van der Waals surface area (Å²) in [5.41, 5.74) is -0.0862. The fraction of sp³-hybridized carbons (Fsp3) is 0.143. The van der Waals surface area contributed by atoms with E-state index in [1.807, 2.05) is 0 Å². The summed E-state index contributed by atoms with van der Waals surface area (Å²) in [6.07, 6.45) is 0. The summed E-state index contributed by atoms with van der Waals surface area (Å²) in [6.45, 7) is 3.14. The minimum absolute atomic E-state index is 0.00189. The lowest BCUT2D eigenvalue weighted by Gasteiger charge is -2.15. The molecule has 400 valence electrons. The van der Waals surface area contributed by atoms with E-state index in [0.717, 1.165) is 48.5 Å². The van der Waals surface area contributed by atoms with Crippen LogP contribution in [0.4, 0.5) is 51.7 Å². The second kappa shape index (κ2) is 22.7. The molecule has 0 bridgehead atoms. The Morgan fingerprint density at radius 1 is 0.711 bits per heavy atom. The van der Waals surface area contributed by atoms with Crippen molar-refractivity contribution in [1.29, 1.82) is 0 Å². The summed E-state index contributed by atoms with van der Waals surface area (Å²) >= 11 is 9.83. The minimum atomic E-state index is -5.10. The number of azo groups is 2. The van der Waals surface area contributed by atoms with Crippen molar-refractivity contribution in [2.75, 3.05) is 40.1 Å². The normalized spacial score (nSPS) is 12.9. The zero-order valence-electron chi connectivity index (χ0n) is 38.5. The number of rotatable bonds is 20.